The highest BCUT2D eigenvalue weighted by atomic mass is 15.0. The molecule has 0 amide bonds. The lowest BCUT2D eigenvalue weighted by Crippen LogP contribution is -2.01. The zero-order valence-electron chi connectivity index (χ0n) is 25.8. The minimum Gasteiger partial charge on any atom is -0.248 e. The first-order chi connectivity index (χ1) is 23.7. The summed E-state index contributed by atoms with van der Waals surface area (Å²) in [4.78, 5) is 24.7. The fraction of sp³-hybridized carbons (Fsp3) is 0. The monoisotopic (exact) mass is 613 g/mol. The van der Waals surface area contributed by atoms with E-state index in [0.29, 0.717) is 23.2 Å². The van der Waals surface area contributed by atoms with Gasteiger partial charge in [0.2, 0.25) is 0 Å². The lowest BCUT2D eigenvalue weighted by atomic mass is 10.0. The fourth-order valence-electron chi connectivity index (χ4n) is 6.15. The van der Waals surface area contributed by atoms with Gasteiger partial charge in [-0.25, -0.2) is 24.9 Å². The predicted octanol–water partition coefficient (Wildman–Crippen LogP) is 10.5. The third kappa shape index (κ3) is 5.23. The van der Waals surface area contributed by atoms with Crippen LogP contribution in [-0.2, 0) is 0 Å². The average molecular weight is 614 g/mol. The molecule has 224 valence electrons. The van der Waals surface area contributed by atoms with Crippen molar-refractivity contribution in [2.75, 3.05) is 0 Å². The Labute approximate surface area is 277 Å². The number of benzene rings is 6. The van der Waals surface area contributed by atoms with Crippen LogP contribution < -0.4 is 0 Å². The number of hydrogen-bond acceptors (Lipinski definition) is 5. The van der Waals surface area contributed by atoms with Crippen molar-refractivity contribution < 1.29 is 0 Å². The number of hydrogen-bond donors (Lipinski definition) is 0. The van der Waals surface area contributed by atoms with Crippen molar-refractivity contribution in [2.24, 2.45) is 0 Å². The van der Waals surface area contributed by atoms with Crippen molar-refractivity contribution in [3.05, 3.63) is 164 Å². The number of nitrogens with zero attached hydrogens (tertiary/aromatic N) is 5. The van der Waals surface area contributed by atoms with Crippen LogP contribution in [-0.4, -0.2) is 24.9 Å². The minimum atomic E-state index is 0.533. The van der Waals surface area contributed by atoms with Crippen molar-refractivity contribution in [3.63, 3.8) is 0 Å². The topological polar surface area (TPSA) is 64.5 Å². The molecule has 48 heavy (non-hydrogen) atoms. The first kappa shape index (κ1) is 27.7. The molecule has 0 aliphatic rings. The Bertz CT molecular complexity index is 2560. The summed E-state index contributed by atoms with van der Waals surface area (Å²) in [7, 11) is 0. The molecule has 0 atom stereocenters. The Hall–Kier alpha value is -6.59. The van der Waals surface area contributed by atoms with Gasteiger partial charge < -0.3 is 0 Å². The molecule has 9 aromatic rings. The quantitative estimate of drug-likeness (QED) is 0.193. The van der Waals surface area contributed by atoms with E-state index in [9.17, 15) is 0 Å². The van der Waals surface area contributed by atoms with Crippen molar-refractivity contribution >= 4 is 32.6 Å². The molecule has 0 bridgehead atoms. The summed E-state index contributed by atoms with van der Waals surface area (Å²) in [5.74, 6) is 1.76. The predicted molar refractivity (Wildman–Crippen MR) is 195 cm³/mol. The van der Waals surface area contributed by atoms with Gasteiger partial charge in [-0.3, -0.25) is 0 Å². The largest absolute Gasteiger partial charge is 0.248 e. The molecular weight excluding hydrogens is 587 g/mol. The molecule has 6 aromatic carbocycles. The summed E-state index contributed by atoms with van der Waals surface area (Å²) in [5.41, 5.74) is 8.57. The molecule has 0 spiro atoms. The van der Waals surface area contributed by atoms with Gasteiger partial charge in [-0.15, -0.1) is 0 Å². The molecule has 0 radical (unpaired) electrons. The lowest BCUT2D eigenvalue weighted by molar-refractivity contribution is 1.06. The molecule has 0 saturated heterocycles. The molecule has 3 aromatic heterocycles. The Kier molecular flexibility index (Phi) is 6.72. The molecule has 0 unspecified atom stereocenters. The number of fused-ring (bicyclic) bond motifs is 3. The maximum absolute atomic E-state index is 5.08. The van der Waals surface area contributed by atoms with E-state index in [-0.39, 0.29) is 0 Å². The van der Waals surface area contributed by atoms with Crippen LogP contribution in [0.3, 0.4) is 0 Å². The molecule has 3 heterocycles. The molecule has 0 N–H and O–H groups in total. The van der Waals surface area contributed by atoms with Crippen LogP contribution in [0.15, 0.2) is 164 Å². The molecule has 0 saturated carbocycles. The third-order valence-electron chi connectivity index (χ3n) is 8.69. The number of pyridine rings is 2. The molecule has 0 fully saturated rings. The van der Waals surface area contributed by atoms with Crippen molar-refractivity contribution in [1.82, 2.24) is 24.9 Å². The van der Waals surface area contributed by atoms with Gasteiger partial charge in [0.25, 0.3) is 0 Å². The fourth-order valence-corrected chi connectivity index (χ4v) is 6.15. The van der Waals surface area contributed by atoms with Gasteiger partial charge in [0, 0.05) is 27.5 Å². The highest BCUT2D eigenvalue weighted by molar-refractivity contribution is 5.91. The van der Waals surface area contributed by atoms with E-state index < -0.39 is 0 Å². The Morgan fingerprint density at radius 1 is 0.250 bits per heavy atom. The minimum absolute atomic E-state index is 0.533. The Morgan fingerprint density at radius 2 is 0.708 bits per heavy atom. The van der Waals surface area contributed by atoms with E-state index in [2.05, 4.69) is 97.1 Å². The molecular formula is C43H27N5. The highest BCUT2D eigenvalue weighted by Gasteiger charge is 2.14. The summed E-state index contributed by atoms with van der Waals surface area (Å²) in [5, 5.41) is 4.57. The van der Waals surface area contributed by atoms with Crippen LogP contribution in [0.5, 0.6) is 0 Å². The third-order valence-corrected chi connectivity index (χ3v) is 8.69. The van der Waals surface area contributed by atoms with Gasteiger partial charge in [-0.05, 0) is 52.2 Å². The van der Waals surface area contributed by atoms with Gasteiger partial charge >= 0.3 is 0 Å². The van der Waals surface area contributed by atoms with E-state index in [4.69, 9.17) is 24.9 Å². The summed E-state index contributed by atoms with van der Waals surface area (Å²) in [6.45, 7) is 0. The van der Waals surface area contributed by atoms with Crippen LogP contribution >= 0.6 is 0 Å². The van der Waals surface area contributed by atoms with Crippen molar-refractivity contribution in [2.45, 2.75) is 0 Å². The van der Waals surface area contributed by atoms with Crippen LogP contribution in [0.4, 0.5) is 0 Å². The summed E-state index contributed by atoms with van der Waals surface area (Å²) >= 11 is 0. The van der Waals surface area contributed by atoms with E-state index in [0.717, 1.165) is 55.3 Å². The van der Waals surface area contributed by atoms with Gasteiger partial charge in [0.15, 0.2) is 17.5 Å². The maximum atomic E-state index is 5.08. The van der Waals surface area contributed by atoms with E-state index in [1.54, 1.807) is 0 Å². The second-order valence-electron chi connectivity index (χ2n) is 11.8. The Balaban J connectivity index is 1.11. The summed E-state index contributed by atoms with van der Waals surface area (Å²) in [6, 6.07) is 56.0. The van der Waals surface area contributed by atoms with Crippen LogP contribution in [0.1, 0.15) is 0 Å². The van der Waals surface area contributed by atoms with Gasteiger partial charge in [-0.1, -0.05) is 133 Å². The smallest absolute Gasteiger partial charge is 0.182 e. The average Bonchev–Trinajstić information content (AvgIpc) is 3.17. The maximum Gasteiger partial charge on any atom is 0.182 e. The van der Waals surface area contributed by atoms with Gasteiger partial charge in [0.05, 0.1) is 16.7 Å². The van der Waals surface area contributed by atoms with Gasteiger partial charge in [-0.2, -0.15) is 0 Å². The Morgan fingerprint density at radius 3 is 1.33 bits per heavy atom. The normalized spacial score (nSPS) is 11.3. The van der Waals surface area contributed by atoms with Crippen LogP contribution in [0, 0.1) is 0 Å². The molecule has 5 heteroatoms. The molecule has 9 rings (SSSR count). The second-order valence-corrected chi connectivity index (χ2v) is 11.8. The standard InChI is InChI=1S/C43H27N5/c1-3-10-31(11-4-1)41-46-42(32-12-5-2-6-13-32)48-43(47-41)38-24-22-30-17-19-35(27-40(30)45-38)34-18-16-29-21-23-37(44-39(29)26-34)36-20-15-28-9-7-8-14-33(28)25-36/h1-27H. The van der Waals surface area contributed by atoms with E-state index in [1.165, 1.54) is 10.8 Å². The van der Waals surface area contributed by atoms with Crippen molar-refractivity contribution in [3.8, 4) is 56.7 Å². The lowest BCUT2D eigenvalue weighted by Gasteiger charge is -2.10. The molecule has 5 nitrogen and oxygen atoms in total. The number of aromatic nitrogens is 5. The molecule has 0 aliphatic heterocycles. The van der Waals surface area contributed by atoms with Crippen molar-refractivity contribution in [1.29, 1.82) is 0 Å². The second kappa shape index (κ2) is 11.6. The number of rotatable bonds is 5. The van der Waals surface area contributed by atoms with E-state index in [1.807, 2.05) is 66.7 Å². The summed E-state index contributed by atoms with van der Waals surface area (Å²) < 4.78 is 0. The first-order valence-corrected chi connectivity index (χ1v) is 15.9. The summed E-state index contributed by atoms with van der Waals surface area (Å²) in [6.07, 6.45) is 0. The van der Waals surface area contributed by atoms with Crippen LogP contribution in [0.25, 0.3) is 89.3 Å². The zero-order chi connectivity index (χ0) is 31.9. The van der Waals surface area contributed by atoms with Gasteiger partial charge in [0.1, 0.15) is 5.69 Å². The SMILES string of the molecule is c1ccc(-c2nc(-c3ccccc3)nc(-c3ccc4ccc(-c5ccc6ccc(-c7ccc8ccccc8c7)nc6c5)cc4n3)n2)cc1. The zero-order valence-corrected chi connectivity index (χ0v) is 25.8. The highest BCUT2D eigenvalue weighted by Crippen LogP contribution is 2.31. The van der Waals surface area contributed by atoms with Crippen LogP contribution in [0.2, 0.25) is 0 Å². The van der Waals surface area contributed by atoms with E-state index >= 15 is 0 Å². The first-order valence-electron chi connectivity index (χ1n) is 15.9. The molecule has 0 aliphatic carbocycles.